The molecule has 1 heterocycles. The van der Waals surface area contributed by atoms with E-state index in [9.17, 15) is 10.1 Å². The quantitative estimate of drug-likeness (QED) is 0.619. The van der Waals surface area contributed by atoms with Gasteiger partial charge in [0.1, 0.15) is 12.4 Å². The molecule has 0 aliphatic carbocycles. The van der Waals surface area contributed by atoms with Gasteiger partial charge >= 0.3 is 0 Å². The van der Waals surface area contributed by atoms with Crippen LogP contribution >= 0.6 is 15.9 Å². The first-order chi connectivity index (χ1) is 9.52. The fourth-order valence-electron chi connectivity index (χ4n) is 1.79. The van der Waals surface area contributed by atoms with Gasteiger partial charge in [-0.3, -0.25) is 14.8 Å². The Bertz CT molecular complexity index is 623. The molecule has 0 aliphatic rings. The molecule has 1 aromatic heterocycles. The smallest absolute Gasteiger partial charge is 0.269 e. The van der Waals surface area contributed by atoms with Gasteiger partial charge in [0.25, 0.3) is 5.69 Å². The summed E-state index contributed by atoms with van der Waals surface area (Å²) in [5.41, 5.74) is 1.96. The molecule has 0 unspecified atom stereocenters. The van der Waals surface area contributed by atoms with Gasteiger partial charge in [-0.15, -0.1) is 0 Å². The van der Waals surface area contributed by atoms with Gasteiger partial charge in [0, 0.05) is 19.2 Å². The largest absolute Gasteiger partial charge is 0.487 e. The number of nitrogens with zero attached hydrogens (tertiary/aromatic N) is 3. The van der Waals surface area contributed by atoms with E-state index in [0.717, 1.165) is 22.3 Å². The maximum Gasteiger partial charge on any atom is 0.269 e. The van der Waals surface area contributed by atoms with Crippen molar-refractivity contribution in [2.45, 2.75) is 20.0 Å². The number of nitro benzene ring substituents is 1. The first-order valence-electron chi connectivity index (χ1n) is 6.10. The zero-order valence-corrected chi connectivity index (χ0v) is 12.8. The highest BCUT2D eigenvalue weighted by molar-refractivity contribution is 9.10. The van der Waals surface area contributed by atoms with E-state index in [-0.39, 0.29) is 5.69 Å². The molecule has 2 rings (SSSR count). The third-order valence-electron chi connectivity index (χ3n) is 2.93. The molecule has 0 saturated carbocycles. The predicted molar refractivity (Wildman–Crippen MR) is 77.7 cm³/mol. The Hall–Kier alpha value is -1.89. The molecule has 1 aromatic carbocycles. The third-order valence-corrected chi connectivity index (χ3v) is 3.84. The highest BCUT2D eigenvalue weighted by atomic mass is 79.9. The van der Waals surface area contributed by atoms with Gasteiger partial charge in [-0.2, -0.15) is 5.10 Å². The van der Waals surface area contributed by atoms with Gasteiger partial charge in [-0.25, -0.2) is 0 Å². The molecule has 0 aliphatic heterocycles. The van der Waals surface area contributed by atoms with Crippen LogP contribution in [0.15, 0.2) is 28.7 Å². The number of hydrogen-bond donors (Lipinski definition) is 0. The lowest BCUT2D eigenvalue weighted by Crippen LogP contribution is -2.03. The monoisotopic (exact) mass is 339 g/mol. The Morgan fingerprint density at radius 2 is 2.05 bits per heavy atom. The minimum absolute atomic E-state index is 0.0485. The van der Waals surface area contributed by atoms with E-state index in [4.69, 9.17) is 4.74 Å². The van der Waals surface area contributed by atoms with Crippen LogP contribution in [0.2, 0.25) is 0 Å². The Labute approximate surface area is 124 Å². The number of halogens is 1. The summed E-state index contributed by atoms with van der Waals surface area (Å²) in [4.78, 5) is 10.1. The molecular formula is C13H14BrN3O3. The van der Waals surface area contributed by atoms with E-state index in [1.54, 1.807) is 16.8 Å². The van der Waals surface area contributed by atoms with Gasteiger partial charge in [-0.05, 0) is 34.5 Å². The van der Waals surface area contributed by atoms with E-state index in [0.29, 0.717) is 12.4 Å². The molecule has 0 saturated heterocycles. The van der Waals surface area contributed by atoms with Gasteiger partial charge in [0.15, 0.2) is 0 Å². The summed E-state index contributed by atoms with van der Waals surface area (Å²) in [7, 11) is 1.86. The Kier molecular flexibility index (Phi) is 4.39. The van der Waals surface area contributed by atoms with Crippen LogP contribution in [0.4, 0.5) is 5.69 Å². The first-order valence-corrected chi connectivity index (χ1v) is 6.89. The van der Waals surface area contributed by atoms with Crippen molar-refractivity contribution < 1.29 is 9.66 Å². The highest BCUT2D eigenvalue weighted by Gasteiger charge is 2.13. The molecule has 0 N–H and O–H groups in total. The van der Waals surface area contributed by atoms with Gasteiger partial charge in [0.05, 0.1) is 20.8 Å². The molecule has 7 heteroatoms. The number of benzene rings is 1. The lowest BCUT2D eigenvalue weighted by atomic mass is 10.3. The lowest BCUT2D eigenvalue weighted by molar-refractivity contribution is -0.384. The van der Waals surface area contributed by atoms with Crippen molar-refractivity contribution in [1.29, 1.82) is 0 Å². The van der Waals surface area contributed by atoms with Crippen LogP contribution in [0.5, 0.6) is 5.75 Å². The number of aromatic nitrogens is 2. The number of hydrogen-bond acceptors (Lipinski definition) is 4. The first kappa shape index (κ1) is 14.5. The maximum atomic E-state index is 10.6. The topological polar surface area (TPSA) is 70.2 Å². The molecule has 6 nitrogen and oxygen atoms in total. The minimum atomic E-state index is -0.436. The lowest BCUT2D eigenvalue weighted by Gasteiger charge is -2.06. The van der Waals surface area contributed by atoms with Crippen molar-refractivity contribution >= 4 is 21.6 Å². The summed E-state index contributed by atoms with van der Waals surface area (Å²) in [6, 6.07) is 6.02. The summed E-state index contributed by atoms with van der Waals surface area (Å²) in [6.45, 7) is 2.38. The second kappa shape index (κ2) is 6.04. The second-order valence-corrected chi connectivity index (χ2v) is 5.02. The van der Waals surface area contributed by atoms with Crippen molar-refractivity contribution in [2.24, 2.45) is 7.05 Å². The van der Waals surface area contributed by atoms with Gasteiger partial charge in [-0.1, -0.05) is 6.92 Å². The molecule has 106 valence electrons. The van der Waals surface area contributed by atoms with Crippen LogP contribution in [0.3, 0.4) is 0 Å². The van der Waals surface area contributed by atoms with Crippen molar-refractivity contribution in [3.63, 3.8) is 0 Å². The molecule has 2 aromatic rings. The van der Waals surface area contributed by atoms with Crippen molar-refractivity contribution in [2.75, 3.05) is 0 Å². The summed E-state index contributed by atoms with van der Waals surface area (Å²) >= 11 is 3.51. The summed E-state index contributed by atoms with van der Waals surface area (Å²) in [6.07, 6.45) is 0.839. The highest BCUT2D eigenvalue weighted by Crippen LogP contribution is 2.24. The minimum Gasteiger partial charge on any atom is -0.487 e. The number of nitro groups is 1. The van der Waals surface area contributed by atoms with Crippen LogP contribution in [0.1, 0.15) is 18.3 Å². The molecule has 20 heavy (non-hydrogen) atoms. The molecular weight excluding hydrogens is 326 g/mol. The Morgan fingerprint density at radius 3 is 2.55 bits per heavy atom. The molecule has 0 radical (unpaired) electrons. The molecule has 0 bridgehead atoms. The second-order valence-electron chi connectivity index (χ2n) is 4.22. The van der Waals surface area contributed by atoms with Crippen LogP contribution in [0, 0.1) is 10.1 Å². The van der Waals surface area contributed by atoms with Crippen LogP contribution in [-0.2, 0) is 20.1 Å². The third kappa shape index (κ3) is 2.98. The van der Waals surface area contributed by atoms with Crippen LogP contribution in [-0.4, -0.2) is 14.7 Å². The van der Waals surface area contributed by atoms with Gasteiger partial charge in [0.2, 0.25) is 0 Å². The van der Waals surface area contributed by atoms with E-state index < -0.39 is 4.92 Å². The molecule has 0 atom stereocenters. The Balaban J connectivity index is 2.09. The SMILES string of the molecule is CCc1nn(C)c(COc2ccc([N+](=O)[O-])cc2)c1Br. The average molecular weight is 340 g/mol. The summed E-state index contributed by atoms with van der Waals surface area (Å²) < 4.78 is 8.35. The zero-order valence-electron chi connectivity index (χ0n) is 11.2. The van der Waals surface area contributed by atoms with Crippen molar-refractivity contribution in [3.8, 4) is 5.75 Å². The fourth-order valence-corrected chi connectivity index (χ4v) is 2.52. The van der Waals surface area contributed by atoms with Crippen molar-refractivity contribution in [3.05, 3.63) is 50.2 Å². The van der Waals surface area contributed by atoms with Crippen LogP contribution in [0.25, 0.3) is 0 Å². The van der Waals surface area contributed by atoms with Crippen LogP contribution < -0.4 is 4.74 Å². The Morgan fingerprint density at radius 1 is 1.40 bits per heavy atom. The normalized spacial score (nSPS) is 10.6. The van der Waals surface area contributed by atoms with E-state index in [2.05, 4.69) is 21.0 Å². The predicted octanol–water partition coefficient (Wildman–Crippen LogP) is 3.23. The number of non-ortho nitro benzene ring substituents is 1. The van der Waals surface area contributed by atoms with E-state index in [1.807, 2.05) is 14.0 Å². The average Bonchev–Trinajstić information content (AvgIpc) is 2.71. The summed E-state index contributed by atoms with van der Waals surface area (Å²) in [5, 5.41) is 14.9. The maximum absolute atomic E-state index is 10.6. The number of ether oxygens (including phenoxy) is 1. The molecule has 0 spiro atoms. The van der Waals surface area contributed by atoms with E-state index in [1.165, 1.54) is 12.1 Å². The molecule has 0 amide bonds. The van der Waals surface area contributed by atoms with Crippen molar-refractivity contribution in [1.82, 2.24) is 9.78 Å². The number of aryl methyl sites for hydroxylation is 2. The summed E-state index contributed by atoms with van der Waals surface area (Å²) in [5.74, 6) is 0.585. The standard InChI is InChI=1S/C13H14BrN3O3/c1-3-11-13(14)12(16(2)15-11)8-20-10-6-4-9(5-7-10)17(18)19/h4-7H,3,8H2,1-2H3. The molecule has 0 fully saturated rings. The zero-order chi connectivity index (χ0) is 14.7. The number of rotatable bonds is 5. The van der Waals surface area contributed by atoms with Gasteiger partial charge < -0.3 is 4.74 Å². The fraction of sp³-hybridized carbons (Fsp3) is 0.308. The van der Waals surface area contributed by atoms with E-state index >= 15 is 0 Å².